The molecule has 1 N–H and O–H groups in total. The van der Waals surface area contributed by atoms with Crippen LogP contribution in [0.3, 0.4) is 0 Å². The van der Waals surface area contributed by atoms with Crippen molar-refractivity contribution in [2.45, 2.75) is 4.90 Å². The Balaban J connectivity index is 1.83. The average molecular weight is 495 g/mol. The third-order valence-electron chi connectivity index (χ3n) is 4.22. The summed E-state index contributed by atoms with van der Waals surface area (Å²) in [7, 11) is -2.26. The molecule has 0 aliphatic heterocycles. The number of ether oxygens (including phenoxy) is 1. The highest BCUT2D eigenvalue weighted by Crippen LogP contribution is 2.39. The van der Waals surface area contributed by atoms with Crippen molar-refractivity contribution in [1.82, 2.24) is 10.1 Å². The molecule has 7 nitrogen and oxygen atoms in total. The Morgan fingerprint density at radius 3 is 2.72 bits per heavy atom. The largest absolute Gasteiger partial charge is 0.496 e. The maximum absolute atomic E-state index is 12.6. The van der Waals surface area contributed by atoms with Gasteiger partial charge in [-0.2, -0.15) is 0 Å². The van der Waals surface area contributed by atoms with Gasteiger partial charge in [-0.25, -0.2) is 8.42 Å². The van der Waals surface area contributed by atoms with Gasteiger partial charge < -0.3 is 9.26 Å². The van der Waals surface area contributed by atoms with Crippen LogP contribution < -0.4 is 9.46 Å². The monoisotopic (exact) mass is 493 g/mol. The third kappa shape index (κ3) is 3.81. The van der Waals surface area contributed by atoms with E-state index < -0.39 is 10.0 Å². The Labute approximate surface area is 179 Å². The van der Waals surface area contributed by atoms with Gasteiger partial charge in [-0.1, -0.05) is 22.8 Å². The van der Waals surface area contributed by atoms with Gasteiger partial charge >= 0.3 is 0 Å². The molecule has 0 radical (unpaired) electrons. The normalized spacial score (nSPS) is 11.6. The molecule has 29 heavy (non-hydrogen) atoms. The number of aromatic nitrogens is 2. The highest BCUT2D eigenvalue weighted by molar-refractivity contribution is 9.10. The van der Waals surface area contributed by atoms with Crippen LogP contribution in [-0.2, 0) is 10.0 Å². The Hall–Kier alpha value is -2.62. The minimum Gasteiger partial charge on any atom is -0.496 e. The van der Waals surface area contributed by atoms with Gasteiger partial charge in [-0.15, -0.1) is 0 Å². The lowest BCUT2D eigenvalue weighted by molar-refractivity contribution is 0.416. The maximum atomic E-state index is 12.6. The van der Waals surface area contributed by atoms with Gasteiger partial charge in [-0.05, 0) is 51.6 Å². The van der Waals surface area contributed by atoms with Crippen LogP contribution >= 0.6 is 27.5 Å². The lowest BCUT2D eigenvalue weighted by Gasteiger charge is -2.13. The molecule has 0 fully saturated rings. The molecule has 148 valence electrons. The van der Waals surface area contributed by atoms with Crippen LogP contribution in [0.4, 0.5) is 5.82 Å². The number of fused-ring (bicyclic) bond motifs is 1. The molecule has 0 unspecified atom stereocenters. The Morgan fingerprint density at radius 2 is 2.00 bits per heavy atom. The number of nitrogens with one attached hydrogen (secondary N) is 1. The highest BCUT2D eigenvalue weighted by atomic mass is 79.9. The average Bonchev–Trinajstić information content (AvgIpc) is 3.21. The van der Waals surface area contributed by atoms with Crippen molar-refractivity contribution in [1.29, 1.82) is 0 Å². The lowest BCUT2D eigenvalue weighted by atomic mass is 10.0. The smallest absolute Gasteiger partial charge is 0.263 e. The zero-order valence-electron chi connectivity index (χ0n) is 14.9. The predicted molar refractivity (Wildman–Crippen MR) is 114 cm³/mol. The summed E-state index contributed by atoms with van der Waals surface area (Å²) in [5.74, 6) is 0.695. The van der Waals surface area contributed by atoms with E-state index in [-0.39, 0.29) is 10.7 Å². The van der Waals surface area contributed by atoms with Gasteiger partial charge in [0.25, 0.3) is 10.0 Å². The minimum atomic E-state index is -3.82. The topological polar surface area (TPSA) is 94.3 Å². The van der Waals surface area contributed by atoms with Gasteiger partial charge in [0, 0.05) is 27.7 Å². The number of sulfonamides is 1. The summed E-state index contributed by atoms with van der Waals surface area (Å²) < 4.78 is 38.5. The summed E-state index contributed by atoms with van der Waals surface area (Å²) in [5, 5.41) is 5.53. The van der Waals surface area contributed by atoms with Crippen molar-refractivity contribution in [2.75, 3.05) is 11.8 Å². The molecule has 0 bridgehead atoms. The Kier molecular flexibility index (Phi) is 5.20. The number of hydrogen-bond acceptors (Lipinski definition) is 6. The van der Waals surface area contributed by atoms with E-state index in [0.717, 1.165) is 5.39 Å². The first-order valence-electron chi connectivity index (χ1n) is 8.24. The van der Waals surface area contributed by atoms with Crippen LogP contribution in [0.1, 0.15) is 0 Å². The van der Waals surface area contributed by atoms with Crippen molar-refractivity contribution in [3.63, 3.8) is 0 Å². The molecule has 4 aromatic rings. The summed E-state index contributed by atoms with van der Waals surface area (Å²) in [6, 6.07) is 11.4. The van der Waals surface area contributed by atoms with Crippen molar-refractivity contribution < 1.29 is 17.7 Å². The lowest BCUT2D eigenvalue weighted by Crippen LogP contribution is -2.13. The van der Waals surface area contributed by atoms with Crippen LogP contribution in [-0.4, -0.2) is 25.7 Å². The van der Waals surface area contributed by atoms with E-state index in [4.69, 9.17) is 16.3 Å². The van der Waals surface area contributed by atoms with Crippen LogP contribution in [0.15, 0.2) is 68.8 Å². The molecule has 2 aromatic carbocycles. The van der Waals surface area contributed by atoms with Gasteiger partial charge in [0.05, 0.1) is 22.7 Å². The molecule has 4 rings (SSSR count). The van der Waals surface area contributed by atoms with Gasteiger partial charge in [0.1, 0.15) is 12.0 Å². The summed E-state index contributed by atoms with van der Waals surface area (Å²) >= 11 is 9.65. The molecule has 0 amide bonds. The highest BCUT2D eigenvalue weighted by Gasteiger charge is 2.18. The van der Waals surface area contributed by atoms with E-state index in [2.05, 4.69) is 35.3 Å². The molecule has 0 aliphatic carbocycles. The second-order valence-electron chi connectivity index (χ2n) is 6.00. The van der Waals surface area contributed by atoms with Crippen molar-refractivity contribution >= 4 is 54.1 Å². The predicted octanol–water partition coefficient (Wildman–Crippen LogP) is 5.12. The molecule has 0 atom stereocenters. The van der Waals surface area contributed by atoms with E-state index in [1.807, 2.05) is 0 Å². The first kappa shape index (κ1) is 19.7. The van der Waals surface area contributed by atoms with Crippen LogP contribution in [0, 0.1) is 0 Å². The minimum absolute atomic E-state index is 0.0888. The second-order valence-corrected chi connectivity index (χ2v) is 8.94. The molecule has 0 spiro atoms. The van der Waals surface area contributed by atoms with Gasteiger partial charge in [0.2, 0.25) is 0 Å². The Morgan fingerprint density at radius 1 is 1.17 bits per heavy atom. The maximum Gasteiger partial charge on any atom is 0.263 e. The summed E-state index contributed by atoms with van der Waals surface area (Å²) in [6.07, 6.45) is 2.89. The van der Waals surface area contributed by atoms with Crippen molar-refractivity contribution in [2.24, 2.45) is 0 Å². The zero-order chi connectivity index (χ0) is 20.6. The van der Waals surface area contributed by atoms with E-state index in [0.29, 0.717) is 31.9 Å². The molecular formula is C19H13BrClN3O4S. The molecule has 0 saturated heterocycles. The second kappa shape index (κ2) is 7.66. The van der Waals surface area contributed by atoms with Crippen LogP contribution in [0.2, 0.25) is 5.02 Å². The molecule has 0 aliphatic rings. The number of pyridine rings is 1. The van der Waals surface area contributed by atoms with Crippen LogP contribution in [0.5, 0.6) is 5.75 Å². The number of nitrogens with zero attached hydrogens (tertiary/aromatic N) is 2. The molecule has 2 heterocycles. The fraction of sp³-hybridized carbons (Fsp3) is 0.0526. The number of halogens is 2. The quantitative estimate of drug-likeness (QED) is 0.414. The van der Waals surface area contributed by atoms with Crippen LogP contribution in [0.25, 0.3) is 22.0 Å². The summed E-state index contributed by atoms with van der Waals surface area (Å²) in [4.78, 5) is 4.56. The number of hydrogen-bond donors (Lipinski definition) is 1. The number of methoxy groups -OCH3 is 1. The zero-order valence-corrected chi connectivity index (χ0v) is 18.0. The van der Waals surface area contributed by atoms with E-state index in [1.54, 1.807) is 43.6 Å². The van der Waals surface area contributed by atoms with E-state index >= 15 is 0 Å². The Bertz CT molecular complexity index is 1310. The van der Waals surface area contributed by atoms with Crippen molar-refractivity contribution in [3.8, 4) is 17.0 Å². The molecular weight excluding hydrogens is 482 g/mol. The molecule has 2 aromatic heterocycles. The molecule has 0 saturated carbocycles. The van der Waals surface area contributed by atoms with Gasteiger partial charge in [-0.3, -0.25) is 9.71 Å². The van der Waals surface area contributed by atoms with Crippen molar-refractivity contribution in [3.05, 3.63) is 64.4 Å². The fourth-order valence-corrected chi connectivity index (χ4v) is 4.40. The first-order valence-corrected chi connectivity index (χ1v) is 10.9. The van der Waals surface area contributed by atoms with E-state index in [9.17, 15) is 8.42 Å². The summed E-state index contributed by atoms with van der Waals surface area (Å²) in [6.45, 7) is 0. The third-order valence-corrected chi connectivity index (χ3v) is 6.77. The number of rotatable bonds is 5. The van der Waals surface area contributed by atoms with E-state index in [1.165, 1.54) is 18.4 Å². The standard InChI is InChI=1S/C19H13BrClN3O4S/c1-27-17-10-15(20)16(21)9-14(17)19-13-3-2-12(8-11(13)4-6-22-19)29(25,26)24-18-5-7-28-23-18/h2-10H,1H3,(H,23,24). The van der Waals surface area contributed by atoms with Gasteiger partial charge in [0.15, 0.2) is 5.82 Å². The number of benzene rings is 2. The fourth-order valence-electron chi connectivity index (χ4n) is 2.88. The first-order chi connectivity index (χ1) is 13.9. The summed E-state index contributed by atoms with van der Waals surface area (Å²) in [5.41, 5.74) is 1.32. The SMILES string of the molecule is COc1cc(Br)c(Cl)cc1-c1nccc2cc(S(=O)(=O)Nc3ccon3)ccc12. The number of anilines is 1. The molecule has 10 heteroatoms.